The van der Waals surface area contributed by atoms with E-state index in [0.29, 0.717) is 70.1 Å². The number of hydrogen-bond donors (Lipinski definition) is 2. The van der Waals surface area contributed by atoms with Crippen LogP contribution >= 0.6 is 11.6 Å². The van der Waals surface area contributed by atoms with E-state index >= 15 is 0 Å². The van der Waals surface area contributed by atoms with Gasteiger partial charge in [-0.05, 0) is 82.3 Å². The van der Waals surface area contributed by atoms with Crippen LogP contribution in [0.25, 0.3) is 0 Å². The van der Waals surface area contributed by atoms with E-state index in [1.165, 1.54) is 11.0 Å². The molecule has 4 amide bonds. The first-order valence-electron chi connectivity index (χ1n) is 18.2. The summed E-state index contributed by atoms with van der Waals surface area (Å²) >= 11 is 6.13. The van der Waals surface area contributed by atoms with Crippen LogP contribution in [0, 0.1) is 0 Å². The fourth-order valence-electron chi connectivity index (χ4n) is 8.11. The molecule has 4 heterocycles. The first-order chi connectivity index (χ1) is 24.7. The summed E-state index contributed by atoms with van der Waals surface area (Å²) in [6, 6.07) is 10.7. The molecule has 0 spiro atoms. The molecule has 0 unspecified atom stereocenters. The predicted octanol–water partition coefficient (Wildman–Crippen LogP) is 5.56. The Kier molecular flexibility index (Phi) is 11.5. The van der Waals surface area contributed by atoms with Crippen LogP contribution in [0.1, 0.15) is 56.2 Å². The van der Waals surface area contributed by atoms with Crippen molar-refractivity contribution >= 4 is 41.0 Å². The van der Waals surface area contributed by atoms with Gasteiger partial charge in [0.15, 0.2) is 6.10 Å². The van der Waals surface area contributed by atoms with E-state index < -0.39 is 35.5 Å². The predicted molar refractivity (Wildman–Crippen MR) is 193 cm³/mol. The minimum Gasteiger partial charge on any atom is -0.436 e. The Labute approximate surface area is 308 Å². The number of nitrogen functional groups attached to an aromatic ring is 1. The molecule has 15 heteroatoms. The third-order valence-electron chi connectivity index (χ3n) is 11.4. The molecule has 2 aromatic rings. The molecule has 52 heavy (non-hydrogen) atoms. The van der Waals surface area contributed by atoms with Gasteiger partial charge in [0.25, 0.3) is 5.91 Å². The van der Waals surface area contributed by atoms with Gasteiger partial charge in [0.05, 0.1) is 16.3 Å². The number of piperidine rings is 2. The standard InChI is InChI=1S/C37H49ClF3N7O4/c1-23-21-47(22-24(2)44(23)3)27-9-13-45(14-10-27)34(49)32(20-25-18-29(37(39,40)41)33(42)30(38)19-25)52-36(51)46-15-11-28(12-16-46)48-17-8-26-6-4-5-7-31(26)43-35(48)50/h4-7,18-19,23-24,27-28,32H,8-17,20-22,42H2,1-3H3,(H,43,50)/t23-,24+,32-/m1/s1. The number of halogens is 4. The van der Waals surface area contributed by atoms with Gasteiger partial charge in [0.2, 0.25) is 0 Å². The van der Waals surface area contributed by atoms with Gasteiger partial charge in [0, 0.05) is 82.1 Å². The second-order valence-electron chi connectivity index (χ2n) is 14.7. The van der Waals surface area contributed by atoms with Crippen molar-refractivity contribution in [1.29, 1.82) is 0 Å². The molecular formula is C37H49ClF3N7O4. The van der Waals surface area contributed by atoms with E-state index in [4.69, 9.17) is 22.1 Å². The normalized spacial score (nSPS) is 23.5. The van der Waals surface area contributed by atoms with E-state index in [2.05, 4.69) is 36.0 Å². The lowest BCUT2D eigenvalue weighted by atomic mass is 9.98. The molecule has 2 aromatic carbocycles. The summed E-state index contributed by atoms with van der Waals surface area (Å²) < 4.78 is 47.4. The van der Waals surface area contributed by atoms with Crippen molar-refractivity contribution in [3.63, 3.8) is 0 Å². The Morgan fingerprint density at radius 3 is 2.23 bits per heavy atom. The molecule has 3 N–H and O–H groups in total. The summed E-state index contributed by atoms with van der Waals surface area (Å²) in [6.07, 6.45) is -3.96. The number of piperazine rings is 1. The van der Waals surface area contributed by atoms with Gasteiger partial charge in [0.1, 0.15) is 0 Å². The number of carbonyl (C=O) groups is 3. The third-order valence-corrected chi connectivity index (χ3v) is 11.7. The number of anilines is 2. The van der Waals surface area contributed by atoms with E-state index in [1.807, 2.05) is 29.2 Å². The number of alkyl halides is 3. The molecule has 0 bridgehead atoms. The van der Waals surface area contributed by atoms with Crippen LogP contribution in [0.4, 0.5) is 34.1 Å². The van der Waals surface area contributed by atoms with E-state index in [-0.39, 0.29) is 29.1 Å². The maximum absolute atomic E-state index is 14.1. The highest BCUT2D eigenvalue weighted by Gasteiger charge is 2.39. The van der Waals surface area contributed by atoms with Crippen LogP contribution in [0.5, 0.6) is 0 Å². The summed E-state index contributed by atoms with van der Waals surface area (Å²) in [5.74, 6) is -0.455. The van der Waals surface area contributed by atoms with Crippen LogP contribution in [0.15, 0.2) is 36.4 Å². The number of fused-ring (bicyclic) bond motifs is 1. The highest BCUT2D eigenvalue weighted by Crippen LogP contribution is 2.38. The molecule has 0 saturated carbocycles. The minimum absolute atomic E-state index is 0.0832. The molecule has 4 aliphatic heterocycles. The number of likely N-dealkylation sites (tertiary alicyclic amines) is 2. The first kappa shape index (κ1) is 38.0. The number of rotatable bonds is 6. The lowest BCUT2D eigenvalue weighted by molar-refractivity contribution is -0.142. The largest absolute Gasteiger partial charge is 0.436 e. The van der Waals surface area contributed by atoms with Gasteiger partial charge in [-0.3, -0.25) is 14.6 Å². The van der Waals surface area contributed by atoms with Crippen LogP contribution < -0.4 is 11.1 Å². The number of likely N-dealkylation sites (N-methyl/N-ethyl adjacent to an activating group) is 1. The first-order valence-corrected chi connectivity index (χ1v) is 18.6. The number of nitrogens with zero attached hydrogens (tertiary/aromatic N) is 5. The molecule has 6 rings (SSSR count). The van der Waals surface area contributed by atoms with E-state index in [1.54, 1.807) is 4.90 Å². The lowest BCUT2D eigenvalue weighted by Gasteiger charge is -2.47. The summed E-state index contributed by atoms with van der Waals surface area (Å²) in [6.45, 7) is 8.30. The van der Waals surface area contributed by atoms with Crippen molar-refractivity contribution < 1.29 is 32.3 Å². The van der Waals surface area contributed by atoms with Crippen molar-refractivity contribution in [3.8, 4) is 0 Å². The minimum atomic E-state index is -4.77. The van der Waals surface area contributed by atoms with Crippen LogP contribution in [0.2, 0.25) is 5.02 Å². The quantitative estimate of drug-likeness (QED) is 0.372. The number of para-hydroxylation sites is 1. The van der Waals surface area contributed by atoms with Gasteiger partial charge < -0.3 is 30.5 Å². The molecule has 0 aromatic heterocycles. The van der Waals surface area contributed by atoms with Crippen molar-refractivity contribution in [2.45, 2.75) is 88.8 Å². The Hall–Kier alpha value is -3.75. The maximum atomic E-state index is 14.1. The highest BCUT2D eigenvalue weighted by atomic mass is 35.5. The number of hydrogen-bond acceptors (Lipinski definition) is 7. The fourth-order valence-corrected chi connectivity index (χ4v) is 8.35. The summed E-state index contributed by atoms with van der Waals surface area (Å²) in [5.41, 5.74) is 5.91. The third kappa shape index (κ3) is 8.39. The van der Waals surface area contributed by atoms with Crippen molar-refractivity contribution in [2.75, 3.05) is 63.9 Å². The van der Waals surface area contributed by atoms with Crippen LogP contribution in [0.3, 0.4) is 0 Å². The Morgan fingerprint density at radius 2 is 1.58 bits per heavy atom. The SMILES string of the molecule is C[C@@H]1CN(C2CCN(C(=O)[C@@H](Cc3cc(Cl)c(N)c(C(F)(F)F)c3)OC(=O)N3CCC(N4CCc5ccccc5NC4=O)CC3)CC2)C[C@H](C)N1C. The summed E-state index contributed by atoms with van der Waals surface area (Å²) in [7, 11) is 2.14. The Balaban J connectivity index is 1.12. The second kappa shape index (κ2) is 15.7. The summed E-state index contributed by atoms with van der Waals surface area (Å²) in [4.78, 5) is 50.6. The molecular weight excluding hydrogens is 699 g/mol. The fraction of sp³-hybridized carbons (Fsp3) is 0.595. The molecule has 0 radical (unpaired) electrons. The van der Waals surface area contributed by atoms with Gasteiger partial charge in [-0.25, -0.2) is 9.59 Å². The second-order valence-corrected chi connectivity index (χ2v) is 15.1. The van der Waals surface area contributed by atoms with Gasteiger partial charge in [-0.2, -0.15) is 13.2 Å². The number of amides is 4. The number of urea groups is 1. The molecule has 3 saturated heterocycles. The number of ether oxygens (including phenoxy) is 1. The lowest BCUT2D eigenvalue weighted by Crippen LogP contribution is -2.59. The average Bonchev–Trinajstić information content (AvgIpc) is 3.28. The molecule has 3 fully saturated rings. The monoisotopic (exact) mass is 747 g/mol. The molecule has 11 nitrogen and oxygen atoms in total. The van der Waals surface area contributed by atoms with E-state index in [0.717, 1.165) is 43.2 Å². The van der Waals surface area contributed by atoms with Crippen molar-refractivity contribution in [3.05, 3.63) is 58.1 Å². The van der Waals surface area contributed by atoms with E-state index in [9.17, 15) is 27.6 Å². The number of nitrogens with two attached hydrogens (primary N) is 1. The van der Waals surface area contributed by atoms with Crippen molar-refractivity contribution in [2.24, 2.45) is 0 Å². The number of carbonyl (C=O) groups excluding carboxylic acids is 3. The summed E-state index contributed by atoms with van der Waals surface area (Å²) in [5, 5.41) is 2.70. The number of benzene rings is 2. The maximum Gasteiger partial charge on any atom is 0.418 e. The smallest absolute Gasteiger partial charge is 0.418 e. The Morgan fingerprint density at radius 1 is 0.962 bits per heavy atom. The zero-order valence-corrected chi connectivity index (χ0v) is 30.8. The molecule has 0 aliphatic carbocycles. The average molecular weight is 748 g/mol. The zero-order chi connectivity index (χ0) is 37.3. The highest BCUT2D eigenvalue weighted by molar-refractivity contribution is 6.33. The zero-order valence-electron chi connectivity index (χ0n) is 30.0. The Bertz CT molecular complexity index is 1620. The van der Waals surface area contributed by atoms with Crippen molar-refractivity contribution in [1.82, 2.24) is 24.5 Å². The molecule has 4 aliphatic rings. The molecule has 284 valence electrons. The van der Waals surface area contributed by atoms with Gasteiger partial charge in [-0.15, -0.1) is 0 Å². The van der Waals surface area contributed by atoms with Gasteiger partial charge >= 0.3 is 18.3 Å². The molecule has 3 atom stereocenters. The number of nitrogens with one attached hydrogen (secondary N) is 1. The topological polar surface area (TPSA) is 115 Å². The van der Waals surface area contributed by atoms with Crippen LogP contribution in [-0.4, -0.2) is 126 Å². The van der Waals surface area contributed by atoms with Crippen LogP contribution in [-0.2, 0) is 28.5 Å². The van der Waals surface area contributed by atoms with Gasteiger partial charge in [-0.1, -0.05) is 29.8 Å².